The van der Waals surface area contributed by atoms with E-state index in [1.807, 2.05) is 23.1 Å². The van der Waals surface area contributed by atoms with E-state index >= 15 is 0 Å². The van der Waals surface area contributed by atoms with Crippen LogP contribution in [0.25, 0.3) is 11.3 Å². The molecule has 2 amide bonds. The van der Waals surface area contributed by atoms with Gasteiger partial charge in [-0.1, -0.05) is 35.0 Å². The molecule has 2 saturated heterocycles. The van der Waals surface area contributed by atoms with Gasteiger partial charge in [-0.15, -0.1) is 0 Å². The normalized spacial score (nSPS) is 17.6. The average Bonchev–Trinajstić information content (AvgIpc) is 3.34. The summed E-state index contributed by atoms with van der Waals surface area (Å²) in [4.78, 5) is 33.1. The number of piperazine rings is 1. The van der Waals surface area contributed by atoms with Gasteiger partial charge in [0.05, 0.1) is 11.6 Å². The third kappa shape index (κ3) is 6.15. The molecule has 2 fully saturated rings. The van der Waals surface area contributed by atoms with Crippen molar-refractivity contribution in [1.82, 2.24) is 19.9 Å². The summed E-state index contributed by atoms with van der Waals surface area (Å²) in [6.45, 7) is 6.02. The fourth-order valence-corrected chi connectivity index (χ4v) is 5.66. The molecule has 8 nitrogen and oxygen atoms in total. The number of piperidine rings is 1. The average molecular weight is 569 g/mol. The van der Waals surface area contributed by atoms with Crippen LogP contribution in [-0.4, -0.2) is 84.6 Å². The Hall–Kier alpha value is -3.43. The lowest BCUT2D eigenvalue weighted by Crippen LogP contribution is -2.51. The summed E-state index contributed by atoms with van der Waals surface area (Å²) in [5, 5.41) is 4.64. The van der Waals surface area contributed by atoms with E-state index in [1.54, 1.807) is 30.0 Å². The summed E-state index contributed by atoms with van der Waals surface area (Å²) >= 11 is 6.40. The zero-order chi connectivity index (χ0) is 28.3. The maximum Gasteiger partial charge on any atom is 0.259 e. The highest BCUT2D eigenvalue weighted by molar-refractivity contribution is 6.33. The summed E-state index contributed by atoms with van der Waals surface area (Å²) < 4.78 is 24.9. The van der Waals surface area contributed by atoms with Crippen molar-refractivity contribution in [3.63, 3.8) is 0 Å². The van der Waals surface area contributed by atoms with Crippen LogP contribution in [0.5, 0.6) is 5.75 Å². The third-order valence-electron chi connectivity index (χ3n) is 8.06. The molecule has 3 aromatic rings. The maximum absolute atomic E-state index is 13.7. The number of likely N-dealkylation sites (N-methyl/N-ethyl adjacent to an activating group) is 1. The van der Waals surface area contributed by atoms with Crippen LogP contribution in [0, 0.1) is 18.2 Å². The topological polar surface area (TPSA) is 79.1 Å². The third-order valence-corrected chi connectivity index (χ3v) is 8.39. The lowest BCUT2D eigenvalue weighted by Gasteiger charge is -2.42. The number of carbonyl (C=O) groups excluding carboxylic acids is 2. The van der Waals surface area contributed by atoms with Gasteiger partial charge in [-0.25, -0.2) is 4.39 Å². The van der Waals surface area contributed by atoms with Crippen molar-refractivity contribution in [3.05, 3.63) is 70.7 Å². The van der Waals surface area contributed by atoms with E-state index in [-0.39, 0.29) is 17.6 Å². The van der Waals surface area contributed by atoms with Crippen LogP contribution < -0.4 is 4.74 Å². The molecule has 5 rings (SSSR count). The van der Waals surface area contributed by atoms with Crippen LogP contribution >= 0.6 is 11.6 Å². The number of nitrogens with zero attached hydrogens (tertiary/aromatic N) is 4. The number of likely N-dealkylation sites (tertiary alicyclic amines) is 1. The van der Waals surface area contributed by atoms with Gasteiger partial charge in [-0.3, -0.25) is 9.59 Å². The summed E-state index contributed by atoms with van der Waals surface area (Å²) in [5.74, 6) is 0.579. The molecule has 0 atom stereocenters. The number of ether oxygens (including phenoxy) is 1. The molecular weight excluding hydrogens is 535 g/mol. The fraction of sp³-hybridized carbons (Fsp3) is 0.433. The van der Waals surface area contributed by atoms with E-state index < -0.39 is 5.41 Å². The van der Waals surface area contributed by atoms with Gasteiger partial charge in [0.15, 0.2) is 0 Å². The van der Waals surface area contributed by atoms with E-state index in [1.165, 1.54) is 12.1 Å². The summed E-state index contributed by atoms with van der Waals surface area (Å²) in [7, 11) is 2.06. The molecule has 0 radical (unpaired) electrons. The predicted octanol–water partition coefficient (Wildman–Crippen LogP) is 4.91. The molecular formula is C30H34ClFN4O4. The van der Waals surface area contributed by atoms with Gasteiger partial charge in [-0.05, 0) is 57.1 Å². The second kappa shape index (κ2) is 12.0. The second-order valence-corrected chi connectivity index (χ2v) is 11.2. The SMILES string of the molecule is Cc1onc(-c2ccccc2Cl)c1C(=O)N1CCC(COc2ccc(F)cc2)(CC(=O)N2CCN(C)CC2)CC1. The number of rotatable bonds is 7. The van der Waals surface area contributed by atoms with Gasteiger partial charge < -0.3 is 24.0 Å². The second-order valence-electron chi connectivity index (χ2n) is 10.8. The number of aromatic nitrogens is 1. The fourth-order valence-electron chi connectivity index (χ4n) is 5.43. The monoisotopic (exact) mass is 568 g/mol. The van der Waals surface area contributed by atoms with E-state index in [0.29, 0.717) is 85.4 Å². The minimum Gasteiger partial charge on any atom is -0.493 e. The Morgan fingerprint density at radius 2 is 1.68 bits per heavy atom. The highest BCUT2D eigenvalue weighted by Crippen LogP contribution is 2.38. The van der Waals surface area contributed by atoms with Crippen molar-refractivity contribution in [2.75, 3.05) is 52.9 Å². The summed E-state index contributed by atoms with van der Waals surface area (Å²) in [6.07, 6.45) is 1.51. The van der Waals surface area contributed by atoms with Crippen molar-refractivity contribution in [3.8, 4) is 17.0 Å². The minimum atomic E-state index is -0.457. The Balaban J connectivity index is 1.32. The van der Waals surface area contributed by atoms with Gasteiger partial charge in [0, 0.05) is 56.7 Å². The highest BCUT2D eigenvalue weighted by atomic mass is 35.5. The molecule has 2 aliphatic heterocycles. The Kier molecular flexibility index (Phi) is 8.42. The minimum absolute atomic E-state index is 0.103. The van der Waals surface area contributed by atoms with Crippen LogP contribution in [-0.2, 0) is 4.79 Å². The number of hydrogen-bond donors (Lipinski definition) is 0. The quantitative estimate of drug-likeness (QED) is 0.403. The van der Waals surface area contributed by atoms with Gasteiger partial charge in [-0.2, -0.15) is 0 Å². The number of benzene rings is 2. The predicted molar refractivity (Wildman–Crippen MR) is 150 cm³/mol. The molecule has 0 bridgehead atoms. The van der Waals surface area contributed by atoms with Crippen molar-refractivity contribution in [1.29, 1.82) is 0 Å². The van der Waals surface area contributed by atoms with Crippen LogP contribution in [0.15, 0.2) is 53.1 Å². The van der Waals surface area contributed by atoms with Crippen LogP contribution in [0.3, 0.4) is 0 Å². The number of aryl methyl sites for hydroxylation is 1. The van der Waals surface area contributed by atoms with Crippen molar-refractivity contribution in [2.45, 2.75) is 26.2 Å². The zero-order valence-electron chi connectivity index (χ0n) is 22.9. The molecule has 3 heterocycles. The Morgan fingerprint density at radius 1 is 1.00 bits per heavy atom. The first kappa shape index (κ1) is 28.1. The lowest BCUT2D eigenvalue weighted by molar-refractivity contribution is -0.136. The van der Waals surface area contributed by atoms with E-state index in [2.05, 4.69) is 17.1 Å². The standard InChI is InChI=1S/C30H34ClFN4O4/c1-21-27(28(33-40-21)24-5-3-4-6-25(24)31)29(38)36-13-11-30(12-14-36,20-39-23-9-7-22(32)8-10-23)19-26(37)35-17-15-34(2)16-18-35/h3-10H,11-20H2,1-2H3. The molecule has 212 valence electrons. The van der Waals surface area contributed by atoms with E-state index in [9.17, 15) is 14.0 Å². The Labute approximate surface area is 238 Å². The van der Waals surface area contributed by atoms with Gasteiger partial charge >= 0.3 is 0 Å². The molecule has 1 aromatic heterocycles. The van der Waals surface area contributed by atoms with E-state index in [0.717, 1.165) is 13.1 Å². The molecule has 0 spiro atoms. The number of carbonyl (C=O) groups is 2. The zero-order valence-corrected chi connectivity index (χ0v) is 23.6. The lowest BCUT2D eigenvalue weighted by atomic mass is 9.75. The summed E-state index contributed by atoms with van der Waals surface area (Å²) in [5.41, 5.74) is 1.01. The highest BCUT2D eigenvalue weighted by Gasteiger charge is 2.41. The molecule has 0 aliphatic carbocycles. The first-order valence-corrected chi connectivity index (χ1v) is 14.0. The molecule has 10 heteroatoms. The van der Waals surface area contributed by atoms with Gasteiger partial charge in [0.25, 0.3) is 5.91 Å². The Morgan fingerprint density at radius 3 is 2.35 bits per heavy atom. The van der Waals surface area contributed by atoms with Crippen LogP contribution in [0.2, 0.25) is 5.02 Å². The molecule has 40 heavy (non-hydrogen) atoms. The Bertz CT molecular complexity index is 1350. The van der Waals surface area contributed by atoms with Crippen LogP contribution in [0.1, 0.15) is 35.4 Å². The molecule has 2 aromatic carbocycles. The van der Waals surface area contributed by atoms with Gasteiger partial charge in [0.1, 0.15) is 28.6 Å². The van der Waals surface area contributed by atoms with E-state index in [4.69, 9.17) is 20.9 Å². The van der Waals surface area contributed by atoms with Crippen molar-refractivity contribution < 1.29 is 23.2 Å². The number of hydrogen-bond acceptors (Lipinski definition) is 6. The first-order chi connectivity index (χ1) is 19.2. The maximum atomic E-state index is 13.7. The first-order valence-electron chi connectivity index (χ1n) is 13.6. The number of halogens is 2. The molecule has 0 saturated carbocycles. The van der Waals surface area contributed by atoms with Crippen molar-refractivity contribution >= 4 is 23.4 Å². The number of amides is 2. The summed E-state index contributed by atoms with van der Waals surface area (Å²) in [6, 6.07) is 13.1. The molecule has 0 unspecified atom stereocenters. The van der Waals surface area contributed by atoms with Crippen molar-refractivity contribution in [2.24, 2.45) is 5.41 Å². The largest absolute Gasteiger partial charge is 0.493 e. The molecule has 0 N–H and O–H groups in total. The smallest absolute Gasteiger partial charge is 0.259 e. The molecule has 2 aliphatic rings. The van der Waals surface area contributed by atoms with Crippen LogP contribution in [0.4, 0.5) is 4.39 Å². The van der Waals surface area contributed by atoms with Gasteiger partial charge in [0.2, 0.25) is 5.91 Å².